The van der Waals surface area contributed by atoms with E-state index in [0.717, 1.165) is 11.3 Å². The summed E-state index contributed by atoms with van der Waals surface area (Å²) in [5, 5.41) is 24.2. The van der Waals surface area contributed by atoms with Gasteiger partial charge in [-0.1, -0.05) is 0 Å². The first-order valence-corrected chi connectivity index (χ1v) is 3.98. The fourth-order valence-electron chi connectivity index (χ4n) is 1.25. The smallest absolute Gasteiger partial charge is 0.245 e. The molecule has 2 N–H and O–H groups in total. The Bertz CT molecular complexity index is 379. The van der Waals surface area contributed by atoms with Gasteiger partial charge in [-0.25, -0.2) is 0 Å². The number of hydrogen-bond donors (Lipinski definition) is 2. The summed E-state index contributed by atoms with van der Waals surface area (Å²) in [6, 6.07) is 1.68. The number of aliphatic hydroxyl groups is 1. The van der Waals surface area contributed by atoms with Crippen LogP contribution in [0.5, 0.6) is 0 Å². The third-order valence-corrected chi connectivity index (χ3v) is 2.27. The van der Waals surface area contributed by atoms with Crippen LogP contribution in [-0.4, -0.2) is 15.3 Å². The summed E-state index contributed by atoms with van der Waals surface area (Å²) < 4.78 is 0. The number of hydrogen-bond acceptors (Lipinski definition) is 4. The van der Waals surface area contributed by atoms with Gasteiger partial charge in [-0.15, -0.1) is 5.11 Å². The Morgan fingerprint density at radius 1 is 1.46 bits per heavy atom. The summed E-state index contributed by atoms with van der Waals surface area (Å²) in [6.07, 6.45) is 1.64. The van der Waals surface area contributed by atoms with Crippen molar-refractivity contribution >= 4 is 0 Å². The molecule has 0 radical (unpaired) electrons. The quantitative estimate of drug-likeness (QED) is 0.680. The van der Waals surface area contributed by atoms with Gasteiger partial charge in [-0.05, 0) is 19.9 Å². The normalized spacial score (nSPS) is 27.3. The molecule has 1 aliphatic heterocycles. The lowest BCUT2D eigenvalue weighted by atomic mass is 10.0. The number of nitrogens with one attached hydrogen (secondary N) is 1. The van der Waals surface area contributed by atoms with E-state index in [1.165, 1.54) is 0 Å². The van der Waals surface area contributed by atoms with Gasteiger partial charge in [0.2, 0.25) is 5.72 Å². The van der Waals surface area contributed by atoms with Gasteiger partial charge in [-0.2, -0.15) is 10.2 Å². The zero-order chi connectivity index (χ0) is 9.47. The monoisotopic (exact) mass is 178 g/mol. The van der Waals surface area contributed by atoms with Crippen molar-refractivity contribution in [1.29, 1.82) is 0 Å². The summed E-state index contributed by atoms with van der Waals surface area (Å²) in [5.74, 6) is 0. The van der Waals surface area contributed by atoms with E-state index in [1.807, 2.05) is 6.92 Å². The van der Waals surface area contributed by atoms with Crippen LogP contribution in [0.3, 0.4) is 0 Å². The standard InChI is InChI=1S/C8H10N4O/c1-5-6(2)10-12-8(5,13)7-3-4-9-11-7/h3-4,13H,1-2H3,(H,9,11). The van der Waals surface area contributed by atoms with Gasteiger partial charge in [0.1, 0.15) is 5.69 Å². The molecule has 68 valence electrons. The van der Waals surface area contributed by atoms with Gasteiger partial charge in [-0.3, -0.25) is 5.10 Å². The molecular weight excluding hydrogens is 168 g/mol. The van der Waals surface area contributed by atoms with Gasteiger partial charge < -0.3 is 5.11 Å². The van der Waals surface area contributed by atoms with E-state index in [0.29, 0.717) is 5.69 Å². The van der Waals surface area contributed by atoms with Crippen LogP contribution in [0, 0.1) is 0 Å². The average molecular weight is 178 g/mol. The molecular formula is C8H10N4O. The lowest BCUT2D eigenvalue weighted by Crippen LogP contribution is -2.22. The minimum atomic E-state index is -1.36. The molecule has 5 nitrogen and oxygen atoms in total. The molecule has 1 aliphatic rings. The summed E-state index contributed by atoms with van der Waals surface area (Å²) in [7, 11) is 0. The Labute approximate surface area is 75.2 Å². The average Bonchev–Trinajstić information content (AvgIpc) is 2.71. The zero-order valence-corrected chi connectivity index (χ0v) is 7.44. The minimum absolute atomic E-state index is 0.477. The first kappa shape index (κ1) is 8.12. The first-order chi connectivity index (χ1) is 6.14. The lowest BCUT2D eigenvalue weighted by Gasteiger charge is -2.16. The molecule has 1 unspecified atom stereocenters. The molecule has 2 rings (SSSR count). The number of allylic oxidation sites excluding steroid dienone is 1. The molecule has 1 aromatic heterocycles. The third kappa shape index (κ3) is 1.01. The SMILES string of the molecule is CC1=C(C)C(O)(c2cc[nH]n2)N=N1. The number of aromatic amines is 1. The highest BCUT2D eigenvalue weighted by atomic mass is 16.3. The van der Waals surface area contributed by atoms with Crippen LogP contribution >= 0.6 is 0 Å². The molecule has 0 saturated heterocycles. The van der Waals surface area contributed by atoms with Crippen LogP contribution in [0.15, 0.2) is 33.8 Å². The van der Waals surface area contributed by atoms with Gasteiger partial charge in [0.05, 0.1) is 5.70 Å². The van der Waals surface area contributed by atoms with Crippen LogP contribution in [0.25, 0.3) is 0 Å². The Morgan fingerprint density at radius 3 is 2.69 bits per heavy atom. The number of aromatic nitrogens is 2. The maximum Gasteiger partial charge on any atom is 0.245 e. The molecule has 1 atom stereocenters. The maximum absolute atomic E-state index is 10.1. The number of rotatable bonds is 1. The summed E-state index contributed by atoms with van der Waals surface area (Å²) in [5.41, 5.74) is 0.583. The van der Waals surface area contributed by atoms with Gasteiger partial charge in [0.15, 0.2) is 0 Å². The lowest BCUT2D eigenvalue weighted by molar-refractivity contribution is 0.0804. The Hall–Kier alpha value is -1.49. The van der Waals surface area contributed by atoms with Crippen LogP contribution in [0.4, 0.5) is 0 Å². The molecule has 0 aliphatic carbocycles. The molecule has 1 aromatic rings. The van der Waals surface area contributed by atoms with Crippen molar-refractivity contribution < 1.29 is 5.11 Å². The summed E-state index contributed by atoms with van der Waals surface area (Å²) in [4.78, 5) is 0. The predicted octanol–water partition coefficient (Wildman–Crippen LogP) is 1.31. The molecule has 0 amide bonds. The Kier molecular flexibility index (Phi) is 1.56. The van der Waals surface area contributed by atoms with Gasteiger partial charge in [0, 0.05) is 11.8 Å². The molecule has 0 saturated carbocycles. The number of H-pyrrole nitrogens is 1. The second-order valence-electron chi connectivity index (χ2n) is 3.04. The molecule has 0 bridgehead atoms. The van der Waals surface area contributed by atoms with Crippen molar-refractivity contribution in [2.24, 2.45) is 10.2 Å². The van der Waals surface area contributed by atoms with Gasteiger partial charge >= 0.3 is 0 Å². The zero-order valence-electron chi connectivity index (χ0n) is 7.44. The molecule has 0 fully saturated rings. The van der Waals surface area contributed by atoms with Crippen molar-refractivity contribution in [2.75, 3.05) is 0 Å². The van der Waals surface area contributed by atoms with Crippen LogP contribution in [-0.2, 0) is 5.72 Å². The third-order valence-electron chi connectivity index (χ3n) is 2.27. The molecule has 5 heteroatoms. The van der Waals surface area contributed by atoms with Crippen molar-refractivity contribution in [3.63, 3.8) is 0 Å². The van der Waals surface area contributed by atoms with Crippen molar-refractivity contribution in [2.45, 2.75) is 19.6 Å². The second-order valence-corrected chi connectivity index (χ2v) is 3.04. The largest absolute Gasteiger partial charge is 0.360 e. The van der Waals surface area contributed by atoms with Crippen LogP contribution in [0.2, 0.25) is 0 Å². The van der Waals surface area contributed by atoms with E-state index in [-0.39, 0.29) is 0 Å². The highest BCUT2D eigenvalue weighted by molar-refractivity contribution is 5.30. The van der Waals surface area contributed by atoms with E-state index in [1.54, 1.807) is 19.2 Å². The highest BCUT2D eigenvalue weighted by Gasteiger charge is 2.38. The van der Waals surface area contributed by atoms with Crippen LogP contribution in [0.1, 0.15) is 19.5 Å². The van der Waals surface area contributed by atoms with Gasteiger partial charge in [0.25, 0.3) is 0 Å². The predicted molar refractivity (Wildman–Crippen MR) is 45.7 cm³/mol. The Morgan fingerprint density at radius 2 is 2.23 bits per heavy atom. The van der Waals surface area contributed by atoms with E-state index in [4.69, 9.17) is 0 Å². The molecule has 13 heavy (non-hydrogen) atoms. The number of azo groups is 1. The molecule has 0 spiro atoms. The summed E-state index contributed by atoms with van der Waals surface area (Å²) in [6.45, 7) is 3.60. The first-order valence-electron chi connectivity index (χ1n) is 3.98. The fraction of sp³-hybridized carbons (Fsp3) is 0.375. The van der Waals surface area contributed by atoms with E-state index in [2.05, 4.69) is 20.4 Å². The summed E-state index contributed by atoms with van der Waals surface area (Å²) >= 11 is 0. The topological polar surface area (TPSA) is 73.6 Å². The number of nitrogens with zero attached hydrogens (tertiary/aromatic N) is 3. The molecule has 2 heterocycles. The highest BCUT2D eigenvalue weighted by Crippen LogP contribution is 2.36. The van der Waals surface area contributed by atoms with Crippen molar-refractivity contribution in [1.82, 2.24) is 10.2 Å². The Balaban J connectivity index is 2.51. The van der Waals surface area contributed by atoms with Crippen LogP contribution < -0.4 is 0 Å². The van der Waals surface area contributed by atoms with E-state index < -0.39 is 5.72 Å². The maximum atomic E-state index is 10.1. The second kappa shape index (κ2) is 2.50. The fourth-order valence-corrected chi connectivity index (χ4v) is 1.25. The van der Waals surface area contributed by atoms with Crippen molar-refractivity contribution in [3.05, 3.63) is 29.2 Å². The van der Waals surface area contributed by atoms with E-state index in [9.17, 15) is 5.11 Å². The van der Waals surface area contributed by atoms with E-state index >= 15 is 0 Å². The molecule has 0 aromatic carbocycles. The minimum Gasteiger partial charge on any atom is -0.360 e. The van der Waals surface area contributed by atoms with Crippen molar-refractivity contribution in [3.8, 4) is 0 Å².